The first-order valence-electron chi connectivity index (χ1n) is 9.11. The second-order valence-electron chi connectivity index (χ2n) is 7.24. The first-order valence-corrected chi connectivity index (χ1v) is 9.93. The molecule has 0 bridgehead atoms. The van der Waals surface area contributed by atoms with Gasteiger partial charge in [0.2, 0.25) is 0 Å². The summed E-state index contributed by atoms with van der Waals surface area (Å²) in [5, 5.41) is 0.788. The summed E-state index contributed by atoms with van der Waals surface area (Å²) >= 11 is 1.58. The Bertz CT molecular complexity index is 791. The van der Waals surface area contributed by atoms with E-state index in [-0.39, 0.29) is 5.91 Å². The summed E-state index contributed by atoms with van der Waals surface area (Å²) < 4.78 is 0. The molecule has 1 amide bonds. The molecule has 5 heteroatoms. The van der Waals surface area contributed by atoms with E-state index < -0.39 is 0 Å². The summed E-state index contributed by atoms with van der Waals surface area (Å²) in [4.78, 5) is 23.0. The number of amides is 1. The van der Waals surface area contributed by atoms with E-state index in [0.717, 1.165) is 35.9 Å². The molecule has 0 saturated carbocycles. The van der Waals surface area contributed by atoms with Crippen LogP contribution in [0.5, 0.6) is 0 Å². The maximum atomic E-state index is 13.2. The summed E-state index contributed by atoms with van der Waals surface area (Å²) in [5.74, 6) is 0.0944. The van der Waals surface area contributed by atoms with Crippen molar-refractivity contribution in [2.45, 2.75) is 42.7 Å². The predicted molar refractivity (Wildman–Crippen MR) is 107 cm³/mol. The van der Waals surface area contributed by atoms with Gasteiger partial charge in [-0.2, -0.15) is 0 Å². The van der Waals surface area contributed by atoms with Crippen LogP contribution in [0.2, 0.25) is 0 Å². The molecule has 2 aromatic rings. The zero-order chi connectivity index (χ0) is 18.7. The molecule has 1 atom stereocenters. The van der Waals surface area contributed by atoms with Gasteiger partial charge in [-0.3, -0.25) is 4.79 Å². The number of piperidine rings is 1. The van der Waals surface area contributed by atoms with Crippen molar-refractivity contribution in [3.05, 3.63) is 53.2 Å². The van der Waals surface area contributed by atoms with E-state index in [0.29, 0.717) is 11.6 Å². The van der Waals surface area contributed by atoms with Crippen LogP contribution in [0.3, 0.4) is 0 Å². The van der Waals surface area contributed by atoms with Crippen LogP contribution in [-0.2, 0) is 0 Å². The van der Waals surface area contributed by atoms with Crippen molar-refractivity contribution in [1.29, 1.82) is 0 Å². The molecule has 138 valence electrons. The molecule has 1 aliphatic rings. The maximum Gasteiger partial charge on any atom is 0.256 e. The highest BCUT2D eigenvalue weighted by Gasteiger charge is 2.27. The summed E-state index contributed by atoms with van der Waals surface area (Å²) in [7, 11) is 4.17. The topological polar surface area (TPSA) is 36.4 Å². The maximum absolute atomic E-state index is 13.2. The quantitative estimate of drug-likeness (QED) is 0.816. The number of benzene rings is 1. The van der Waals surface area contributed by atoms with Crippen LogP contribution in [0.15, 0.2) is 46.5 Å². The third kappa shape index (κ3) is 4.27. The molecule has 1 aromatic heterocycles. The Morgan fingerprint density at radius 1 is 1.27 bits per heavy atom. The van der Waals surface area contributed by atoms with Crippen molar-refractivity contribution in [3.63, 3.8) is 0 Å². The van der Waals surface area contributed by atoms with Gasteiger partial charge in [-0.05, 0) is 64.5 Å². The molecular weight excluding hydrogens is 342 g/mol. The van der Waals surface area contributed by atoms with E-state index in [1.807, 2.05) is 17.0 Å². The Morgan fingerprint density at radius 2 is 2.08 bits per heavy atom. The highest BCUT2D eigenvalue weighted by molar-refractivity contribution is 7.99. The third-order valence-corrected chi connectivity index (χ3v) is 6.15. The normalized spacial score (nSPS) is 17.6. The van der Waals surface area contributed by atoms with Crippen molar-refractivity contribution in [2.24, 2.45) is 0 Å². The number of aromatic nitrogens is 1. The molecule has 1 fully saturated rings. The van der Waals surface area contributed by atoms with Crippen LogP contribution in [0.1, 0.15) is 34.3 Å². The largest absolute Gasteiger partial charge is 0.337 e. The van der Waals surface area contributed by atoms with E-state index in [9.17, 15) is 4.79 Å². The number of rotatable bonds is 4. The van der Waals surface area contributed by atoms with Crippen molar-refractivity contribution in [2.75, 3.05) is 27.2 Å². The van der Waals surface area contributed by atoms with Crippen LogP contribution in [0, 0.1) is 13.8 Å². The zero-order valence-corrected chi connectivity index (χ0v) is 16.8. The van der Waals surface area contributed by atoms with Crippen molar-refractivity contribution >= 4 is 17.7 Å². The number of carbonyl (C=O) groups is 1. The second kappa shape index (κ2) is 8.23. The van der Waals surface area contributed by atoms with Gasteiger partial charge < -0.3 is 9.80 Å². The number of likely N-dealkylation sites (N-methyl/N-ethyl adjacent to an activating group) is 1. The molecule has 1 aromatic carbocycles. The molecule has 1 aliphatic heterocycles. The standard InChI is InChI=1S/C21H27N3OS/c1-15-9-10-19(16(2)13-15)26-20-18(8-5-11-22-20)21(25)24-12-6-7-17(14-24)23(3)4/h5,8-11,13,17H,6-7,12,14H2,1-4H3. The van der Waals surface area contributed by atoms with Gasteiger partial charge in [-0.25, -0.2) is 4.98 Å². The van der Waals surface area contributed by atoms with Crippen molar-refractivity contribution < 1.29 is 4.79 Å². The van der Waals surface area contributed by atoms with Crippen LogP contribution < -0.4 is 0 Å². The molecule has 0 aliphatic carbocycles. The number of pyridine rings is 1. The van der Waals surface area contributed by atoms with Gasteiger partial charge in [-0.1, -0.05) is 29.5 Å². The molecule has 4 nitrogen and oxygen atoms in total. The second-order valence-corrected chi connectivity index (χ2v) is 8.27. The average Bonchev–Trinajstić information content (AvgIpc) is 2.64. The lowest BCUT2D eigenvalue weighted by Gasteiger charge is -2.36. The lowest BCUT2D eigenvalue weighted by Crippen LogP contribution is -2.47. The zero-order valence-electron chi connectivity index (χ0n) is 16.0. The summed E-state index contributed by atoms with van der Waals surface area (Å²) in [6, 6.07) is 10.6. The van der Waals surface area contributed by atoms with Crippen LogP contribution >= 0.6 is 11.8 Å². The lowest BCUT2D eigenvalue weighted by molar-refractivity contribution is 0.0631. The van der Waals surface area contributed by atoms with Gasteiger partial charge in [-0.15, -0.1) is 0 Å². The summed E-state index contributed by atoms with van der Waals surface area (Å²) in [6.45, 7) is 5.81. The minimum absolute atomic E-state index is 0.0944. The van der Waals surface area contributed by atoms with E-state index in [4.69, 9.17) is 0 Å². The minimum atomic E-state index is 0.0944. The Balaban J connectivity index is 1.83. The SMILES string of the molecule is Cc1ccc(Sc2ncccc2C(=O)N2CCCC(N(C)C)C2)c(C)c1. The number of hydrogen-bond donors (Lipinski definition) is 0. The molecule has 1 unspecified atom stereocenters. The molecule has 0 spiro atoms. The number of likely N-dealkylation sites (tertiary alicyclic amines) is 1. The fourth-order valence-corrected chi connectivity index (χ4v) is 4.33. The Hall–Kier alpha value is -1.85. The number of aryl methyl sites for hydroxylation is 2. The van der Waals surface area contributed by atoms with Crippen molar-refractivity contribution in [3.8, 4) is 0 Å². The van der Waals surface area contributed by atoms with Gasteiger partial charge in [0.05, 0.1) is 5.56 Å². The molecule has 2 heterocycles. The Kier molecular flexibility index (Phi) is 5.99. The van der Waals surface area contributed by atoms with Crippen LogP contribution in [-0.4, -0.2) is 53.9 Å². The van der Waals surface area contributed by atoms with Gasteiger partial charge in [0.15, 0.2) is 0 Å². The van der Waals surface area contributed by atoms with E-state index in [1.54, 1.807) is 18.0 Å². The first-order chi connectivity index (χ1) is 12.5. The average molecular weight is 370 g/mol. The van der Waals surface area contributed by atoms with E-state index in [1.165, 1.54) is 11.1 Å². The van der Waals surface area contributed by atoms with Crippen LogP contribution in [0.4, 0.5) is 0 Å². The highest BCUT2D eigenvalue weighted by atomic mass is 32.2. The van der Waals surface area contributed by atoms with E-state index >= 15 is 0 Å². The van der Waals surface area contributed by atoms with Crippen LogP contribution in [0.25, 0.3) is 0 Å². The number of carbonyl (C=O) groups excluding carboxylic acids is 1. The van der Waals surface area contributed by atoms with Crippen molar-refractivity contribution in [1.82, 2.24) is 14.8 Å². The first kappa shape index (κ1) is 18.9. The molecular formula is C21H27N3OS. The fourth-order valence-electron chi connectivity index (χ4n) is 3.38. The Labute approximate surface area is 160 Å². The van der Waals surface area contributed by atoms with E-state index in [2.05, 4.69) is 56.0 Å². The monoisotopic (exact) mass is 369 g/mol. The number of hydrogen-bond acceptors (Lipinski definition) is 4. The van der Waals surface area contributed by atoms with Gasteiger partial charge in [0.25, 0.3) is 5.91 Å². The number of nitrogens with zero attached hydrogens (tertiary/aromatic N) is 3. The highest BCUT2D eigenvalue weighted by Crippen LogP contribution is 2.32. The van der Waals surface area contributed by atoms with Gasteiger partial charge in [0.1, 0.15) is 5.03 Å². The molecule has 0 radical (unpaired) electrons. The smallest absolute Gasteiger partial charge is 0.256 e. The molecule has 1 saturated heterocycles. The summed E-state index contributed by atoms with van der Waals surface area (Å²) in [5.41, 5.74) is 3.16. The fraction of sp³-hybridized carbons (Fsp3) is 0.429. The van der Waals surface area contributed by atoms with Gasteiger partial charge >= 0.3 is 0 Å². The summed E-state index contributed by atoms with van der Waals surface area (Å²) in [6.07, 6.45) is 3.96. The molecule has 26 heavy (non-hydrogen) atoms. The van der Waals surface area contributed by atoms with Gasteiger partial charge in [0, 0.05) is 30.2 Å². The predicted octanol–water partition coefficient (Wildman–Crippen LogP) is 4.02. The minimum Gasteiger partial charge on any atom is -0.337 e. The molecule has 0 N–H and O–H groups in total. The lowest BCUT2D eigenvalue weighted by atomic mass is 10.0. The Morgan fingerprint density at radius 3 is 2.81 bits per heavy atom. The molecule has 3 rings (SSSR count). The third-order valence-electron chi connectivity index (χ3n) is 4.95.